The number of aryl methyl sites for hydroxylation is 2. The molecule has 15 heavy (non-hydrogen) atoms. The lowest BCUT2D eigenvalue weighted by molar-refractivity contribution is 0.148. The van der Waals surface area contributed by atoms with Gasteiger partial charge in [0, 0.05) is 17.8 Å². The van der Waals surface area contributed by atoms with Crippen molar-refractivity contribution in [2.24, 2.45) is 0 Å². The molecule has 0 saturated carbocycles. The van der Waals surface area contributed by atoms with E-state index in [0.29, 0.717) is 16.7 Å². The van der Waals surface area contributed by atoms with Crippen LogP contribution in [0, 0.1) is 13.8 Å². The van der Waals surface area contributed by atoms with E-state index in [1.54, 1.807) is 13.8 Å². The van der Waals surface area contributed by atoms with Crippen LogP contribution in [-0.2, 0) is 0 Å². The fraction of sp³-hybridized carbons (Fsp3) is 0.300. The second-order valence-electron chi connectivity index (χ2n) is 3.31. The van der Waals surface area contributed by atoms with Crippen LogP contribution in [0.5, 0.6) is 0 Å². The molecule has 3 nitrogen and oxygen atoms in total. The van der Waals surface area contributed by atoms with Crippen molar-refractivity contribution in [2.75, 3.05) is 0 Å². The van der Waals surface area contributed by atoms with E-state index >= 15 is 0 Å². The van der Waals surface area contributed by atoms with Crippen molar-refractivity contribution in [2.45, 2.75) is 20.3 Å². The average molecular weight is 209 g/mol. The summed E-state index contributed by atoms with van der Waals surface area (Å²) in [7, 11) is 0. The van der Waals surface area contributed by atoms with Gasteiger partial charge in [0.25, 0.3) is 6.43 Å². The fourth-order valence-corrected chi connectivity index (χ4v) is 1.43. The molecule has 2 rings (SSSR count). The van der Waals surface area contributed by atoms with Crippen molar-refractivity contribution in [1.82, 2.24) is 15.0 Å². The number of rotatable bonds is 1. The van der Waals surface area contributed by atoms with Crippen molar-refractivity contribution in [1.29, 1.82) is 0 Å². The van der Waals surface area contributed by atoms with Crippen LogP contribution in [0.1, 0.15) is 23.5 Å². The number of hydrogen-bond acceptors (Lipinski definition) is 3. The zero-order valence-electron chi connectivity index (χ0n) is 8.33. The largest absolute Gasteiger partial charge is 0.281 e. The van der Waals surface area contributed by atoms with Crippen LogP contribution < -0.4 is 0 Å². The molecular weight excluding hydrogens is 200 g/mol. The highest BCUT2D eigenvalue weighted by Crippen LogP contribution is 2.25. The molecule has 0 aromatic carbocycles. The lowest BCUT2D eigenvalue weighted by Gasteiger charge is -2.06. The normalized spacial score (nSPS) is 11.3. The Hall–Kier alpha value is -1.65. The molecule has 0 amide bonds. The molecule has 5 heteroatoms. The van der Waals surface area contributed by atoms with Crippen LogP contribution >= 0.6 is 0 Å². The van der Waals surface area contributed by atoms with E-state index in [1.165, 1.54) is 12.4 Å². The quantitative estimate of drug-likeness (QED) is 0.724. The Morgan fingerprint density at radius 3 is 2.53 bits per heavy atom. The summed E-state index contributed by atoms with van der Waals surface area (Å²) in [5, 5.41) is 0.329. The molecule has 0 spiro atoms. The highest BCUT2D eigenvalue weighted by molar-refractivity contribution is 5.82. The van der Waals surface area contributed by atoms with Crippen LogP contribution in [0.15, 0.2) is 12.4 Å². The first-order chi connectivity index (χ1) is 7.09. The molecule has 0 radical (unpaired) electrons. The number of aromatic nitrogens is 3. The van der Waals surface area contributed by atoms with Gasteiger partial charge in [-0.15, -0.1) is 0 Å². The molecule has 2 aromatic heterocycles. The standard InChI is InChI=1S/C10H9F2N3/c1-5-3-14-9(10(11)12)7-4-13-6(2)15-8(5)7/h3-4,10H,1-2H3. The van der Waals surface area contributed by atoms with Gasteiger partial charge in [-0.05, 0) is 19.4 Å². The number of hydrogen-bond donors (Lipinski definition) is 0. The maximum atomic E-state index is 12.6. The molecule has 0 saturated heterocycles. The van der Waals surface area contributed by atoms with E-state index in [4.69, 9.17) is 0 Å². The third kappa shape index (κ3) is 1.65. The van der Waals surface area contributed by atoms with Gasteiger partial charge in [-0.25, -0.2) is 18.7 Å². The summed E-state index contributed by atoms with van der Waals surface area (Å²) in [6.45, 7) is 3.51. The minimum atomic E-state index is -2.60. The Balaban J connectivity index is 2.82. The molecular formula is C10H9F2N3. The minimum Gasteiger partial charge on any atom is -0.254 e. The zero-order chi connectivity index (χ0) is 11.0. The first kappa shape index (κ1) is 9.89. The zero-order valence-corrected chi connectivity index (χ0v) is 8.33. The molecule has 0 unspecified atom stereocenters. The van der Waals surface area contributed by atoms with Gasteiger partial charge >= 0.3 is 0 Å². The molecule has 2 heterocycles. The Morgan fingerprint density at radius 1 is 1.13 bits per heavy atom. The number of halogens is 2. The van der Waals surface area contributed by atoms with Crippen molar-refractivity contribution in [3.63, 3.8) is 0 Å². The second kappa shape index (κ2) is 3.49. The number of alkyl halides is 2. The van der Waals surface area contributed by atoms with Crippen molar-refractivity contribution >= 4 is 10.9 Å². The molecule has 0 aliphatic carbocycles. The molecule has 0 bridgehead atoms. The Bertz CT molecular complexity index is 511. The molecule has 0 N–H and O–H groups in total. The van der Waals surface area contributed by atoms with Gasteiger partial charge in [0.2, 0.25) is 0 Å². The van der Waals surface area contributed by atoms with Gasteiger partial charge in [-0.1, -0.05) is 0 Å². The Labute approximate surface area is 85.2 Å². The second-order valence-corrected chi connectivity index (χ2v) is 3.31. The van der Waals surface area contributed by atoms with Crippen molar-refractivity contribution < 1.29 is 8.78 Å². The van der Waals surface area contributed by atoms with Crippen LogP contribution in [-0.4, -0.2) is 15.0 Å². The molecule has 78 valence electrons. The predicted octanol–water partition coefficient (Wildman–Crippen LogP) is 2.58. The SMILES string of the molecule is Cc1ncc2c(C(F)F)ncc(C)c2n1. The highest BCUT2D eigenvalue weighted by Gasteiger charge is 2.15. The molecule has 0 atom stereocenters. The monoisotopic (exact) mass is 209 g/mol. The summed E-state index contributed by atoms with van der Waals surface area (Å²) >= 11 is 0. The van der Waals surface area contributed by atoms with Crippen LogP contribution in [0.25, 0.3) is 10.9 Å². The summed E-state index contributed by atoms with van der Waals surface area (Å²) in [4.78, 5) is 11.7. The molecule has 0 fully saturated rings. The first-order valence-electron chi connectivity index (χ1n) is 4.46. The third-order valence-electron chi connectivity index (χ3n) is 2.16. The first-order valence-corrected chi connectivity index (χ1v) is 4.46. The van der Waals surface area contributed by atoms with Crippen LogP contribution in [0.4, 0.5) is 8.78 Å². The maximum absolute atomic E-state index is 12.6. The van der Waals surface area contributed by atoms with E-state index in [2.05, 4.69) is 15.0 Å². The lowest BCUT2D eigenvalue weighted by Crippen LogP contribution is -1.98. The highest BCUT2D eigenvalue weighted by atomic mass is 19.3. The summed E-state index contributed by atoms with van der Waals surface area (Å²) < 4.78 is 25.2. The van der Waals surface area contributed by atoms with Gasteiger partial charge in [0.15, 0.2) is 0 Å². The Kier molecular flexibility index (Phi) is 2.30. The summed E-state index contributed by atoms with van der Waals surface area (Å²) in [6, 6.07) is 0. The fourth-order valence-electron chi connectivity index (χ4n) is 1.43. The third-order valence-corrected chi connectivity index (χ3v) is 2.16. The number of nitrogens with zero attached hydrogens (tertiary/aromatic N) is 3. The van der Waals surface area contributed by atoms with Crippen molar-refractivity contribution in [3.8, 4) is 0 Å². The van der Waals surface area contributed by atoms with Gasteiger partial charge in [-0.2, -0.15) is 0 Å². The summed E-state index contributed by atoms with van der Waals surface area (Å²) in [5.74, 6) is 0.567. The molecule has 0 aliphatic rings. The van der Waals surface area contributed by atoms with Crippen LogP contribution in [0.3, 0.4) is 0 Å². The van der Waals surface area contributed by atoms with E-state index < -0.39 is 6.43 Å². The van der Waals surface area contributed by atoms with Gasteiger partial charge in [0.05, 0.1) is 5.52 Å². The average Bonchev–Trinajstić information content (AvgIpc) is 2.19. The Morgan fingerprint density at radius 2 is 1.87 bits per heavy atom. The molecule has 0 aliphatic heterocycles. The summed E-state index contributed by atoms with van der Waals surface area (Å²) in [6.07, 6.45) is 0.217. The number of pyridine rings is 1. The van der Waals surface area contributed by atoms with Crippen molar-refractivity contribution in [3.05, 3.63) is 29.5 Å². The van der Waals surface area contributed by atoms with Gasteiger partial charge in [0.1, 0.15) is 11.5 Å². The van der Waals surface area contributed by atoms with E-state index in [9.17, 15) is 8.78 Å². The van der Waals surface area contributed by atoms with Gasteiger partial charge in [-0.3, -0.25) is 4.98 Å². The topological polar surface area (TPSA) is 38.7 Å². The predicted molar refractivity (Wildman–Crippen MR) is 51.8 cm³/mol. The van der Waals surface area contributed by atoms with E-state index in [1.807, 2.05) is 0 Å². The lowest BCUT2D eigenvalue weighted by atomic mass is 10.1. The number of fused-ring (bicyclic) bond motifs is 1. The smallest absolute Gasteiger partial charge is 0.254 e. The molecule has 2 aromatic rings. The minimum absolute atomic E-state index is 0.254. The van der Waals surface area contributed by atoms with Gasteiger partial charge < -0.3 is 0 Å². The maximum Gasteiger partial charge on any atom is 0.281 e. The van der Waals surface area contributed by atoms with E-state index in [-0.39, 0.29) is 5.69 Å². The van der Waals surface area contributed by atoms with Crippen LogP contribution in [0.2, 0.25) is 0 Å². The summed E-state index contributed by atoms with van der Waals surface area (Å²) in [5.41, 5.74) is 1.07. The van der Waals surface area contributed by atoms with E-state index in [0.717, 1.165) is 5.56 Å².